The highest BCUT2D eigenvalue weighted by molar-refractivity contribution is 7.89. The van der Waals surface area contributed by atoms with Gasteiger partial charge in [0.15, 0.2) is 0 Å². The standard InChI is InChI=1S/C16H24N2O4S/c1-11-9-12(2)14(4)16(13(11)3)23(21,22)18-7-5-17(6-8-18)10-15(19)20/h9H,5-8,10H2,1-4H3,(H,19,20). The van der Waals surface area contributed by atoms with Crippen molar-refractivity contribution >= 4 is 16.0 Å². The molecule has 1 aromatic rings. The number of carboxylic acid groups (broad SMARTS) is 1. The molecular formula is C16H24N2O4S. The number of nitrogens with zero attached hydrogens (tertiary/aromatic N) is 2. The second kappa shape index (κ2) is 6.59. The van der Waals surface area contributed by atoms with Crippen molar-refractivity contribution in [3.63, 3.8) is 0 Å². The summed E-state index contributed by atoms with van der Waals surface area (Å²) < 4.78 is 27.6. The number of hydrogen-bond donors (Lipinski definition) is 1. The zero-order valence-corrected chi connectivity index (χ0v) is 14.9. The summed E-state index contributed by atoms with van der Waals surface area (Å²) >= 11 is 0. The predicted molar refractivity (Wildman–Crippen MR) is 88.2 cm³/mol. The Bertz CT molecular complexity index is 694. The number of piperazine rings is 1. The molecule has 0 radical (unpaired) electrons. The first-order valence-corrected chi connectivity index (χ1v) is 9.10. The van der Waals surface area contributed by atoms with E-state index in [2.05, 4.69) is 0 Å². The van der Waals surface area contributed by atoms with Crippen LogP contribution in [0.15, 0.2) is 11.0 Å². The smallest absolute Gasteiger partial charge is 0.317 e. The number of carbonyl (C=O) groups is 1. The third kappa shape index (κ3) is 3.57. The Kier molecular flexibility index (Phi) is 5.13. The first-order valence-electron chi connectivity index (χ1n) is 7.66. The van der Waals surface area contributed by atoms with Gasteiger partial charge in [-0.25, -0.2) is 8.42 Å². The largest absolute Gasteiger partial charge is 0.480 e. The van der Waals surface area contributed by atoms with Gasteiger partial charge in [-0.1, -0.05) is 6.07 Å². The monoisotopic (exact) mass is 340 g/mol. The molecule has 1 heterocycles. The van der Waals surface area contributed by atoms with E-state index in [1.165, 1.54) is 4.31 Å². The molecule has 0 amide bonds. The highest BCUT2D eigenvalue weighted by atomic mass is 32.2. The van der Waals surface area contributed by atoms with Crippen molar-refractivity contribution in [3.05, 3.63) is 28.3 Å². The third-order valence-corrected chi connectivity index (χ3v) is 6.76. The van der Waals surface area contributed by atoms with Gasteiger partial charge >= 0.3 is 5.97 Å². The Labute approximate surface area is 137 Å². The van der Waals surface area contributed by atoms with Gasteiger partial charge in [0, 0.05) is 26.2 Å². The second-order valence-corrected chi connectivity index (χ2v) is 8.04. The molecule has 7 heteroatoms. The molecule has 0 aliphatic carbocycles. The molecule has 0 unspecified atom stereocenters. The Balaban J connectivity index is 2.29. The minimum atomic E-state index is -3.56. The van der Waals surface area contributed by atoms with Crippen LogP contribution in [0, 0.1) is 27.7 Å². The summed E-state index contributed by atoms with van der Waals surface area (Å²) in [5.41, 5.74) is 3.52. The topological polar surface area (TPSA) is 77.9 Å². The van der Waals surface area contributed by atoms with Crippen molar-refractivity contribution < 1.29 is 18.3 Å². The number of hydrogen-bond acceptors (Lipinski definition) is 4. The lowest BCUT2D eigenvalue weighted by Crippen LogP contribution is -2.50. The zero-order valence-electron chi connectivity index (χ0n) is 14.1. The minimum Gasteiger partial charge on any atom is -0.480 e. The maximum Gasteiger partial charge on any atom is 0.317 e. The fourth-order valence-corrected chi connectivity index (χ4v) is 5.01. The highest BCUT2D eigenvalue weighted by Gasteiger charge is 2.32. The van der Waals surface area contributed by atoms with Gasteiger partial charge < -0.3 is 5.11 Å². The van der Waals surface area contributed by atoms with Gasteiger partial charge in [-0.3, -0.25) is 9.69 Å². The molecule has 0 spiro atoms. The molecule has 1 fully saturated rings. The molecule has 1 saturated heterocycles. The Morgan fingerprint density at radius 2 is 1.52 bits per heavy atom. The lowest BCUT2D eigenvalue weighted by atomic mass is 10.0. The molecule has 1 aliphatic rings. The van der Waals surface area contributed by atoms with Crippen molar-refractivity contribution in [3.8, 4) is 0 Å². The van der Waals surface area contributed by atoms with Crippen LogP contribution in [0.5, 0.6) is 0 Å². The normalized spacial score (nSPS) is 17.4. The van der Waals surface area contributed by atoms with Gasteiger partial charge in [0.25, 0.3) is 0 Å². The SMILES string of the molecule is Cc1cc(C)c(C)c(S(=O)(=O)N2CCN(CC(=O)O)CC2)c1C. The summed E-state index contributed by atoms with van der Waals surface area (Å²) in [5.74, 6) is -0.887. The molecule has 6 nitrogen and oxygen atoms in total. The molecular weight excluding hydrogens is 316 g/mol. The van der Waals surface area contributed by atoms with E-state index in [0.717, 1.165) is 22.3 Å². The van der Waals surface area contributed by atoms with E-state index < -0.39 is 16.0 Å². The molecule has 23 heavy (non-hydrogen) atoms. The average molecular weight is 340 g/mol. The van der Waals surface area contributed by atoms with E-state index in [1.807, 2.05) is 33.8 Å². The number of benzene rings is 1. The van der Waals surface area contributed by atoms with E-state index in [0.29, 0.717) is 31.1 Å². The van der Waals surface area contributed by atoms with E-state index in [9.17, 15) is 13.2 Å². The summed E-state index contributed by atoms with van der Waals surface area (Å²) in [6.07, 6.45) is 0. The van der Waals surface area contributed by atoms with E-state index in [4.69, 9.17) is 5.11 Å². The van der Waals surface area contributed by atoms with Crippen molar-refractivity contribution in [1.82, 2.24) is 9.21 Å². The molecule has 128 valence electrons. The maximum atomic E-state index is 13.1. The Morgan fingerprint density at radius 1 is 1.04 bits per heavy atom. The average Bonchev–Trinajstić information content (AvgIpc) is 2.45. The highest BCUT2D eigenvalue weighted by Crippen LogP contribution is 2.29. The van der Waals surface area contributed by atoms with Gasteiger partial charge in [-0.2, -0.15) is 4.31 Å². The first kappa shape index (κ1) is 17.9. The van der Waals surface area contributed by atoms with Crippen LogP contribution in [0.1, 0.15) is 22.3 Å². The molecule has 0 aromatic heterocycles. The summed E-state index contributed by atoms with van der Waals surface area (Å²) in [6.45, 7) is 9.00. The van der Waals surface area contributed by atoms with Gasteiger partial charge in [0.1, 0.15) is 0 Å². The van der Waals surface area contributed by atoms with Crippen LogP contribution in [0.25, 0.3) is 0 Å². The van der Waals surface area contributed by atoms with Crippen LogP contribution in [-0.4, -0.2) is 61.4 Å². The number of aryl methyl sites for hydroxylation is 2. The summed E-state index contributed by atoms with van der Waals surface area (Å²) in [5, 5.41) is 8.83. The van der Waals surface area contributed by atoms with E-state index in [1.54, 1.807) is 4.90 Å². The van der Waals surface area contributed by atoms with Crippen molar-refractivity contribution in [2.75, 3.05) is 32.7 Å². The van der Waals surface area contributed by atoms with E-state index in [-0.39, 0.29) is 6.54 Å². The maximum absolute atomic E-state index is 13.1. The number of aliphatic carboxylic acids is 1. The van der Waals surface area contributed by atoms with Crippen molar-refractivity contribution in [2.45, 2.75) is 32.6 Å². The molecule has 0 atom stereocenters. The molecule has 1 N–H and O–H groups in total. The van der Waals surface area contributed by atoms with Crippen LogP contribution in [0.2, 0.25) is 0 Å². The van der Waals surface area contributed by atoms with Crippen LogP contribution < -0.4 is 0 Å². The second-order valence-electron chi connectivity index (χ2n) is 6.16. The van der Waals surface area contributed by atoms with Gasteiger partial charge in [-0.15, -0.1) is 0 Å². The molecule has 2 rings (SSSR count). The lowest BCUT2D eigenvalue weighted by Gasteiger charge is -2.33. The predicted octanol–water partition coefficient (Wildman–Crippen LogP) is 1.31. The minimum absolute atomic E-state index is 0.0461. The Hall–Kier alpha value is -1.44. The number of sulfonamides is 1. The first-order chi connectivity index (χ1) is 10.6. The summed E-state index contributed by atoms with van der Waals surface area (Å²) in [6, 6.07) is 2.01. The molecule has 1 aliphatic heterocycles. The Morgan fingerprint density at radius 3 is 1.96 bits per heavy atom. The van der Waals surface area contributed by atoms with Crippen molar-refractivity contribution in [2.24, 2.45) is 0 Å². The molecule has 1 aromatic carbocycles. The fourth-order valence-electron chi connectivity index (χ4n) is 3.02. The van der Waals surface area contributed by atoms with Crippen LogP contribution in [-0.2, 0) is 14.8 Å². The summed E-state index contributed by atoms with van der Waals surface area (Å²) in [7, 11) is -3.56. The van der Waals surface area contributed by atoms with Gasteiger partial charge in [0.05, 0.1) is 11.4 Å². The van der Waals surface area contributed by atoms with Crippen molar-refractivity contribution in [1.29, 1.82) is 0 Å². The van der Waals surface area contributed by atoms with Crippen LogP contribution in [0.4, 0.5) is 0 Å². The van der Waals surface area contributed by atoms with Gasteiger partial charge in [-0.05, 0) is 49.9 Å². The molecule has 0 bridgehead atoms. The third-order valence-electron chi connectivity index (χ3n) is 4.59. The van der Waals surface area contributed by atoms with Crippen LogP contribution >= 0.6 is 0 Å². The van der Waals surface area contributed by atoms with Gasteiger partial charge in [0.2, 0.25) is 10.0 Å². The fraction of sp³-hybridized carbons (Fsp3) is 0.562. The molecule has 0 saturated carbocycles. The number of carboxylic acids is 1. The summed E-state index contributed by atoms with van der Waals surface area (Å²) in [4.78, 5) is 12.9. The number of rotatable bonds is 4. The zero-order chi connectivity index (χ0) is 17.4. The lowest BCUT2D eigenvalue weighted by molar-refractivity contribution is -0.138. The van der Waals surface area contributed by atoms with Crippen LogP contribution in [0.3, 0.4) is 0 Å². The van der Waals surface area contributed by atoms with E-state index >= 15 is 0 Å². The quantitative estimate of drug-likeness (QED) is 0.894.